The number of hydrogen-bond acceptors (Lipinski definition) is 3. The number of allylic oxidation sites excluding steroid dienone is 4. The number of rotatable bonds is 1. The molecule has 0 unspecified atom stereocenters. The van der Waals surface area contributed by atoms with Gasteiger partial charge in [-0.15, -0.1) is 0 Å². The topological polar surface area (TPSA) is 52.9 Å². The number of ketones is 1. The number of benzene rings is 1. The van der Waals surface area contributed by atoms with Crippen LogP contribution in [-0.4, -0.2) is 5.78 Å². The van der Waals surface area contributed by atoms with Crippen molar-refractivity contribution in [1.82, 2.24) is 5.32 Å². The molecule has 1 aromatic carbocycles. The molecule has 1 aliphatic carbocycles. The largest absolute Gasteiger partial charge is 0.361 e. The molecule has 5 heteroatoms. The Morgan fingerprint density at radius 2 is 2.00 bits per heavy atom. The molecule has 3 nitrogen and oxygen atoms in total. The molecule has 0 saturated carbocycles. The van der Waals surface area contributed by atoms with Crippen LogP contribution >= 0.6 is 23.2 Å². The molecule has 0 radical (unpaired) electrons. The lowest BCUT2D eigenvalue weighted by molar-refractivity contribution is -0.118. The van der Waals surface area contributed by atoms with Crippen LogP contribution in [0.5, 0.6) is 0 Å². The molecule has 0 fully saturated rings. The van der Waals surface area contributed by atoms with E-state index in [4.69, 9.17) is 23.2 Å². The molecule has 3 rings (SSSR count). The highest BCUT2D eigenvalue weighted by molar-refractivity contribution is 6.35. The molecule has 0 aromatic heterocycles. The summed E-state index contributed by atoms with van der Waals surface area (Å²) >= 11 is 12.4. The molecule has 124 valence electrons. The van der Waals surface area contributed by atoms with Crippen LogP contribution in [0.3, 0.4) is 0 Å². The van der Waals surface area contributed by atoms with E-state index < -0.39 is 5.92 Å². The summed E-state index contributed by atoms with van der Waals surface area (Å²) in [7, 11) is 0. The molecule has 2 aliphatic rings. The van der Waals surface area contributed by atoms with E-state index in [0.717, 1.165) is 23.4 Å². The standard InChI is InChI=1S/C19H18Cl2N2O/c1-10-13(9-22)17(12-5-4-11(20)6-14(12)21)18-15(23-10)7-19(2,3)8-16(18)24/h4-6,17,23H,7-8H2,1-3H3/t17-/m1/s1. The van der Waals surface area contributed by atoms with Crippen LogP contribution in [0.25, 0.3) is 0 Å². The van der Waals surface area contributed by atoms with Crippen molar-refractivity contribution in [2.75, 3.05) is 0 Å². The van der Waals surface area contributed by atoms with Crippen LogP contribution in [0.15, 0.2) is 40.7 Å². The van der Waals surface area contributed by atoms with E-state index in [-0.39, 0.29) is 11.2 Å². The summed E-state index contributed by atoms with van der Waals surface area (Å²) in [6.45, 7) is 6.03. The number of Topliss-reactive ketones (excluding diaryl/α,β-unsaturated/α-hetero) is 1. The van der Waals surface area contributed by atoms with Crippen LogP contribution in [0, 0.1) is 16.7 Å². The van der Waals surface area contributed by atoms with Gasteiger partial charge in [-0.25, -0.2) is 0 Å². The Morgan fingerprint density at radius 1 is 1.29 bits per heavy atom. The van der Waals surface area contributed by atoms with Crippen molar-refractivity contribution in [3.63, 3.8) is 0 Å². The Hall–Kier alpha value is -1.76. The summed E-state index contributed by atoms with van der Waals surface area (Å²) in [5.41, 5.74) is 3.54. The Bertz CT molecular complexity index is 843. The SMILES string of the molecule is CC1=C(C#N)[C@@H](c2ccc(Cl)cc2Cl)C2=C(CC(C)(C)CC2=O)N1. The second kappa shape index (κ2) is 5.95. The number of hydrogen-bond donors (Lipinski definition) is 1. The first-order valence-electron chi connectivity index (χ1n) is 7.82. The first kappa shape index (κ1) is 17.1. The number of carbonyl (C=O) groups excluding carboxylic acids is 1. The minimum atomic E-state index is -0.431. The molecular formula is C19H18Cl2N2O. The summed E-state index contributed by atoms with van der Waals surface area (Å²) in [5, 5.41) is 14.0. The maximum atomic E-state index is 12.9. The zero-order valence-corrected chi connectivity index (χ0v) is 15.3. The zero-order chi connectivity index (χ0) is 17.6. The van der Waals surface area contributed by atoms with Gasteiger partial charge in [-0.3, -0.25) is 4.79 Å². The second-order valence-electron chi connectivity index (χ2n) is 7.21. The third-order valence-corrected chi connectivity index (χ3v) is 5.20. The maximum Gasteiger partial charge on any atom is 0.162 e. The first-order valence-corrected chi connectivity index (χ1v) is 8.58. The van der Waals surface area contributed by atoms with Crippen molar-refractivity contribution in [2.24, 2.45) is 5.41 Å². The summed E-state index contributed by atoms with van der Waals surface area (Å²) in [5.74, 6) is -0.357. The number of nitriles is 1. The summed E-state index contributed by atoms with van der Waals surface area (Å²) in [4.78, 5) is 12.9. The summed E-state index contributed by atoms with van der Waals surface area (Å²) in [6.07, 6.45) is 1.23. The average molecular weight is 361 g/mol. The monoisotopic (exact) mass is 360 g/mol. The minimum Gasteiger partial charge on any atom is -0.361 e. The van der Waals surface area contributed by atoms with Gasteiger partial charge in [-0.2, -0.15) is 5.26 Å². The quantitative estimate of drug-likeness (QED) is 0.755. The maximum absolute atomic E-state index is 12.9. The Kier molecular flexibility index (Phi) is 4.23. The van der Waals surface area contributed by atoms with E-state index >= 15 is 0 Å². The Morgan fingerprint density at radius 3 is 2.62 bits per heavy atom. The molecule has 1 aliphatic heterocycles. The van der Waals surface area contributed by atoms with Crippen LogP contribution < -0.4 is 5.32 Å². The molecule has 1 aromatic rings. The van der Waals surface area contributed by atoms with E-state index in [2.05, 4.69) is 25.2 Å². The smallest absolute Gasteiger partial charge is 0.162 e. The fraction of sp³-hybridized carbons (Fsp3) is 0.368. The van der Waals surface area contributed by atoms with Gasteiger partial charge in [-0.05, 0) is 36.5 Å². The third kappa shape index (κ3) is 2.85. The fourth-order valence-corrected chi connectivity index (χ4v) is 4.15. The van der Waals surface area contributed by atoms with Gasteiger partial charge in [0.15, 0.2) is 5.78 Å². The van der Waals surface area contributed by atoms with E-state index in [0.29, 0.717) is 27.6 Å². The summed E-state index contributed by atoms with van der Waals surface area (Å²) < 4.78 is 0. The van der Waals surface area contributed by atoms with Gasteiger partial charge in [0.2, 0.25) is 0 Å². The number of carbonyl (C=O) groups is 1. The molecular weight excluding hydrogens is 343 g/mol. The van der Waals surface area contributed by atoms with Gasteiger partial charge in [0.1, 0.15) is 0 Å². The van der Waals surface area contributed by atoms with Gasteiger partial charge in [0.05, 0.1) is 17.6 Å². The molecule has 0 amide bonds. The fourth-order valence-electron chi connectivity index (χ4n) is 3.63. The summed E-state index contributed by atoms with van der Waals surface area (Å²) in [6, 6.07) is 7.46. The van der Waals surface area contributed by atoms with Crippen molar-refractivity contribution >= 4 is 29.0 Å². The molecule has 24 heavy (non-hydrogen) atoms. The molecule has 0 saturated heterocycles. The van der Waals surface area contributed by atoms with Gasteiger partial charge in [0, 0.05) is 33.4 Å². The molecule has 1 N–H and O–H groups in total. The molecule has 1 heterocycles. The van der Waals surface area contributed by atoms with Crippen molar-refractivity contribution in [3.05, 3.63) is 56.3 Å². The molecule has 0 bridgehead atoms. The predicted molar refractivity (Wildman–Crippen MR) is 95.7 cm³/mol. The lowest BCUT2D eigenvalue weighted by Crippen LogP contribution is -2.36. The molecule has 1 atom stereocenters. The van der Waals surface area contributed by atoms with E-state index in [9.17, 15) is 10.1 Å². The van der Waals surface area contributed by atoms with Gasteiger partial charge < -0.3 is 5.32 Å². The predicted octanol–water partition coefficient (Wildman–Crippen LogP) is 5.12. The second-order valence-corrected chi connectivity index (χ2v) is 8.05. The van der Waals surface area contributed by atoms with Crippen LogP contribution in [-0.2, 0) is 4.79 Å². The van der Waals surface area contributed by atoms with E-state index in [1.807, 2.05) is 13.0 Å². The molecule has 0 spiro atoms. The van der Waals surface area contributed by atoms with Crippen LogP contribution in [0.4, 0.5) is 0 Å². The van der Waals surface area contributed by atoms with Crippen LogP contribution in [0.2, 0.25) is 10.0 Å². The van der Waals surface area contributed by atoms with E-state index in [1.54, 1.807) is 12.1 Å². The van der Waals surface area contributed by atoms with Crippen LogP contribution in [0.1, 0.15) is 45.1 Å². The normalized spacial score (nSPS) is 22.8. The lowest BCUT2D eigenvalue weighted by Gasteiger charge is -2.38. The zero-order valence-electron chi connectivity index (χ0n) is 13.8. The minimum absolute atomic E-state index is 0.0741. The first-order chi connectivity index (χ1) is 11.2. The number of nitrogens with one attached hydrogen (secondary N) is 1. The third-order valence-electron chi connectivity index (χ3n) is 4.63. The average Bonchev–Trinajstić information content (AvgIpc) is 2.44. The van der Waals surface area contributed by atoms with Gasteiger partial charge >= 0.3 is 0 Å². The highest BCUT2D eigenvalue weighted by Crippen LogP contribution is 2.47. The van der Waals surface area contributed by atoms with Crippen molar-refractivity contribution in [3.8, 4) is 6.07 Å². The Labute approximate surface area is 151 Å². The van der Waals surface area contributed by atoms with Crippen molar-refractivity contribution < 1.29 is 4.79 Å². The van der Waals surface area contributed by atoms with Gasteiger partial charge in [-0.1, -0.05) is 43.1 Å². The van der Waals surface area contributed by atoms with Crippen molar-refractivity contribution in [2.45, 2.75) is 39.5 Å². The van der Waals surface area contributed by atoms with Crippen molar-refractivity contribution in [1.29, 1.82) is 5.26 Å². The number of nitrogens with zero attached hydrogens (tertiary/aromatic N) is 1. The van der Waals surface area contributed by atoms with E-state index in [1.165, 1.54) is 0 Å². The highest BCUT2D eigenvalue weighted by Gasteiger charge is 2.41. The lowest BCUT2D eigenvalue weighted by atomic mass is 9.69. The van der Waals surface area contributed by atoms with Gasteiger partial charge in [0.25, 0.3) is 0 Å². The Balaban J connectivity index is 2.22. The highest BCUT2D eigenvalue weighted by atomic mass is 35.5. The number of dihydropyridines is 1. The number of halogens is 2.